The number of nitrogens with zero attached hydrogens (tertiary/aromatic N) is 2. The summed E-state index contributed by atoms with van der Waals surface area (Å²) in [4.78, 5) is 10.8. The Hall–Kier alpha value is -2.35. The van der Waals surface area contributed by atoms with Crippen LogP contribution >= 0.6 is 11.9 Å². The van der Waals surface area contributed by atoms with E-state index in [2.05, 4.69) is 68.9 Å². The molecular formula is C25H34N6S. The van der Waals surface area contributed by atoms with E-state index < -0.39 is 0 Å². The van der Waals surface area contributed by atoms with Gasteiger partial charge < -0.3 is 16.4 Å². The summed E-state index contributed by atoms with van der Waals surface area (Å²) in [7, 11) is 0. The van der Waals surface area contributed by atoms with Crippen molar-refractivity contribution in [1.82, 2.24) is 15.4 Å². The zero-order valence-electron chi connectivity index (χ0n) is 18.5. The molecule has 1 atom stereocenters. The van der Waals surface area contributed by atoms with Gasteiger partial charge in [0.2, 0.25) is 5.96 Å². The second kappa shape index (κ2) is 12.0. The number of fused-ring (bicyclic) bond motifs is 1. The number of nitrogens with two attached hydrogens (primary N) is 1. The number of hydrogen-bond acceptors (Lipinski definition) is 5. The van der Waals surface area contributed by atoms with Gasteiger partial charge in [0.05, 0.1) is 12.5 Å². The maximum atomic E-state index is 5.68. The van der Waals surface area contributed by atoms with Gasteiger partial charge in [0.1, 0.15) is 5.84 Å². The van der Waals surface area contributed by atoms with Crippen LogP contribution in [0.3, 0.4) is 0 Å². The van der Waals surface area contributed by atoms with Gasteiger partial charge in [-0.3, -0.25) is 14.7 Å². The first-order valence-corrected chi connectivity index (χ1v) is 12.5. The lowest BCUT2D eigenvalue weighted by Gasteiger charge is -2.30. The van der Waals surface area contributed by atoms with Gasteiger partial charge in [0.25, 0.3) is 0 Å². The zero-order valence-corrected chi connectivity index (χ0v) is 19.4. The summed E-state index contributed by atoms with van der Waals surface area (Å²) in [5.74, 6) is 3.23. The smallest absolute Gasteiger partial charge is 0.201 e. The molecule has 1 aromatic rings. The minimum Gasteiger partial charge on any atom is -0.329 e. The van der Waals surface area contributed by atoms with Gasteiger partial charge in [0.15, 0.2) is 0 Å². The van der Waals surface area contributed by atoms with Crippen molar-refractivity contribution in [1.29, 1.82) is 0 Å². The van der Waals surface area contributed by atoms with E-state index in [1.54, 1.807) is 11.9 Å². The first-order valence-electron chi connectivity index (χ1n) is 11.6. The summed E-state index contributed by atoms with van der Waals surface area (Å²) >= 11 is 1.74. The normalized spacial score (nSPS) is 27.4. The van der Waals surface area contributed by atoms with Crippen LogP contribution in [0.2, 0.25) is 0 Å². The molecule has 0 amide bonds. The Kier molecular flexibility index (Phi) is 8.59. The number of aliphatic imine (C=N–C) groups is 2. The van der Waals surface area contributed by atoms with Crippen LogP contribution in [0.4, 0.5) is 0 Å². The number of rotatable bonds is 8. The highest BCUT2D eigenvalue weighted by Gasteiger charge is 2.27. The third-order valence-electron chi connectivity index (χ3n) is 6.13. The molecule has 1 saturated heterocycles. The van der Waals surface area contributed by atoms with Gasteiger partial charge in [-0.2, -0.15) is 0 Å². The molecule has 7 heteroatoms. The molecule has 1 saturated carbocycles. The topological polar surface area (TPSA) is 86.8 Å². The third kappa shape index (κ3) is 6.58. The minimum absolute atomic E-state index is 0.104. The average molecular weight is 451 g/mol. The van der Waals surface area contributed by atoms with Crippen LogP contribution in [-0.2, 0) is 0 Å². The van der Waals surface area contributed by atoms with Gasteiger partial charge in [0, 0.05) is 30.2 Å². The lowest BCUT2D eigenvalue weighted by atomic mass is 9.82. The molecule has 1 aromatic carbocycles. The second-order valence-electron chi connectivity index (χ2n) is 8.51. The quantitative estimate of drug-likeness (QED) is 0.455. The Morgan fingerprint density at radius 3 is 2.59 bits per heavy atom. The molecule has 3 aliphatic rings. The van der Waals surface area contributed by atoms with Crippen LogP contribution in [0.5, 0.6) is 0 Å². The molecule has 32 heavy (non-hydrogen) atoms. The molecule has 0 radical (unpaired) electrons. The van der Waals surface area contributed by atoms with E-state index in [0.29, 0.717) is 19.0 Å². The van der Waals surface area contributed by atoms with Crippen LogP contribution in [-0.4, -0.2) is 38.0 Å². The number of nitrogens with one attached hydrogen (secondary N) is 3. The molecule has 170 valence electrons. The largest absolute Gasteiger partial charge is 0.329 e. The average Bonchev–Trinajstić information content (AvgIpc) is 3.08. The van der Waals surface area contributed by atoms with Crippen molar-refractivity contribution < 1.29 is 0 Å². The van der Waals surface area contributed by atoms with E-state index in [1.807, 2.05) is 12.2 Å². The Labute approximate surface area is 195 Å². The molecule has 0 aromatic heterocycles. The van der Waals surface area contributed by atoms with Crippen LogP contribution in [0.25, 0.3) is 0 Å². The molecule has 0 bridgehead atoms. The van der Waals surface area contributed by atoms with E-state index in [9.17, 15) is 0 Å². The van der Waals surface area contributed by atoms with Gasteiger partial charge in [-0.25, -0.2) is 0 Å². The molecule has 2 fully saturated rings. The van der Waals surface area contributed by atoms with Crippen molar-refractivity contribution in [3.63, 3.8) is 0 Å². The van der Waals surface area contributed by atoms with Crippen LogP contribution in [0.15, 0.2) is 81.3 Å². The summed E-state index contributed by atoms with van der Waals surface area (Å²) in [6.07, 6.45) is 15.4. The predicted molar refractivity (Wildman–Crippen MR) is 136 cm³/mol. The van der Waals surface area contributed by atoms with Crippen molar-refractivity contribution in [2.24, 2.45) is 33.5 Å². The van der Waals surface area contributed by atoms with Crippen molar-refractivity contribution in [3.05, 3.63) is 66.4 Å². The standard InChI is InChI=1S/C25H34N6S/c26-15-16-27-24-22-9-5-2-6-10-23(22)30-25(31-24)28-17-19-11-13-20(14-12-19)18-29-32-21-7-3-1-4-8-21/h1-10,19-20,22,29H,11-18,26H2,(H2,27,28,30,31). The molecule has 5 N–H and O–H groups in total. The Morgan fingerprint density at radius 1 is 0.969 bits per heavy atom. The van der Waals surface area contributed by atoms with Gasteiger partial charge in [-0.1, -0.05) is 42.5 Å². The van der Waals surface area contributed by atoms with E-state index in [4.69, 9.17) is 10.7 Å². The maximum absolute atomic E-state index is 5.68. The van der Waals surface area contributed by atoms with Crippen molar-refractivity contribution in [2.45, 2.75) is 30.6 Å². The summed E-state index contributed by atoms with van der Waals surface area (Å²) < 4.78 is 3.55. The Balaban J connectivity index is 1.25. The lowest BCUT2D eigenvalue weighted by Crippen LogP contribution is -2.51. The fraction of sp³-hybridized carbons (Fsp3) is 0.440. The number of benzene rings is 1. The van der Waals surface area contributed by atoms with Crippen molar-refractivity contribution in [2.75, 3.05) is 26.2 Å². The van der Waals surface area contributed by atoms with Crippen molar-refractivity contribution in [3.8, 4) is 0 Å². The molecule has 6 nitrogen and oxygen atoms in total. The molecule has 1 heterocycles. The van der Waals surface area contributed by atoms with E-state index in [-0.39, 0.29) is 5.92 Å². The monoisotopic (exact) mass is 450 g/mol. The van der Waals surface area contributed by atoms with Crippen LogP contribution in [0.1, 0.15) is 25.7 Å². The van der Waals surface area contributed by atoms with Gasteiger partial charge >= 0.3 is 0 Å². The summed E-state index contributed by atoms with van der Waals surface area (Å²) in [6, 6.07) is 10.5. The highest BCUT2D eigenvalue weighted by Crippen LogP contribution is 2.29. The number of amidine groups is 1. The minimum atomic E-state index is 0.104. The van der Waals surface area contributed by atoms with Crippen LogP contribution < -0.4 is 21.1 Å². The molecule has 1 unspecified atom stereocenters. The van der Waals surface area contributed by atoms with E-state index >= 15 is 0 Å². The first kappa shape index (κ1) is 22.8. The zero-order chi connectivity index (χ0) is 22.0. The first-order chi connectivity index (χ1) is 15.8. The Morgan fingerprint density at radius 2 is 1.78 bits per heavy atom. The summed E-state index contributed by atoms with van der Waals surface area (Å²) in [6.45, 7) is 3.07. The molecular weight excluding hydrogens is 416 g/mol. The summed E-state index contributed by atoms with van der Waals surface area (Å²) in [5.41, 5.74) is 6.78. The molecule has 1 aliphatic heterocycles. The number of hydrogen-bond donors (Lipinski definition) is 4. The second-order valence-corrected chi connectivity index (χ2v) is 9.48. The van der Waals surface area contributed by atoms with Crippen molar-refractivity contribution >= 4 is 23.7 Å². The SMILES string of the molecule is NCCN=C1NC(=NCC2CCC(CNSc3ccccc3)CC2)NC2=CC=CC=CC21. The Bertz CT molecular complexity index is 881. The fourth-order valence-corrected chi connectivity index (χ4v) is 5.08. The third-order valence-corrected chi connectivity index (χ3v) is 6.95. The van der Waals surface area contributed by atoms with Gasteiger partial charge in [-0.05, 0) is 67.7 Å². The van der Waals surface area contributed by atoms with Gasteiger partial charge in [-0.15, -0.1) is 0 Å². The van der Waals surface area contributed by atoms with E-state index in [0.717, 1.165) is 36.5 Å². The highest BCUT2D eigenvalue weighted by molar-refractivity contribution is 7.97. The summed E-state index contributed by atoms with van der Waals surface area (Å²) in [5, 5.41) is 6.87. The fourth-order valence-electron chi connectivity index (χ4n) is 4.30. The molecule has 0 spiro atoms. The predicted octanol–water partition coefficient (Wildman–Crippen LogP) is 3.62. The lowest BCUT2D eigenvalue weighted by molar-refractivity contribution is 0.282. The molecule has 4 rings (SSSR count). The number of guanidine groups is 1. The van der Waals surface area contributed by atoms with Crippen LogP contribution in [0, 0.1) is 17.8 Å². The highest BCUT2D eigenvalue weighted by atomic mass is 32.2. The maximum Gasteiger partial charge on any atom is 0.201 e. The number of allylic oxidation sites excluding steroid dienone is 4. The van der Waals surface area contributed by atoms with E-state index in [1.165, 1.54) is 30.6 Å². The molecule has 2 aliphatic carbocycles.